The average molecular weight is 375 g/mol. The molecule has 7 heteroatoms. The molecule has 1 atom stereocenters. The topological polar surface area (TPSA) is 50.2 Å². The Morgan fingerprint density at radius 3 is 3.00 bits per heavy atom. The molecule has 1 aromatic carbocycles. The first-order valence-electron chi connectivity index (χ1n) is 8.31. The number of carbonyl (C=O) groups is 1. The molecule has 4 rings (SSSR count). The molecule has 1 aliphatic heterocycles. The average Bonchev–Trinajstić information content (AvgIpc) is 3.16. The van der Waals surface area contributed by atoms with Crippen molar-refractivity contribution >= 4 is 39.1 Å². The van der Waals surface area contributed by atoms with Crippen molar-refractivity contribution < 1.29 is 4.79 Å². The van der Waals surface area contributed by atoms with Gasteiger partial charge in [-0.15, -0.1) is 11.3 Å². The second kappa shape index (κ2) is 6.44. The number of hydrogen-bond donors (Lipinski definition) is 1. The Kier molecular flexibility index (Phi) is 4.27. The molecule has 2 aromatic heterocycles. The van der Waals surface area contributed by atoms with Gasteiger partial charge in [-0.25, -0.2) is 4.68 Å². The van der Waals surface area contributed by atoms with Gasteiger partial charge in [0.05, 0.1) is 16.3 Å². The maximum atomic E-state index is 12.9. The van der Waals surface area contributed by atoms with Crippen molar-refractivity contribution in [1.82, 2.24) is 20.0 Å². The van der Waals surface area contributed by atoms with E-state index < -0.39 is 0 Å². The number of benzene rings is 1. The molecule has 1 saturated heterocycles. The van der Waals surface area contributed by atoms with E-state index >= 15 is 0 Å². The molecule has 130 valence electrons. The smallest absolute Gasteiger partial charge is 0.264 e. The van der Waals surface area contributed by atoms with E-state index in [1.807, 2.05) is 46.8 Å². The minimum atomic E-state index is 0.104. The largest absolute Gasteiger partial charge is 0.333 e. The van der Waals surface area contributed by atoms with Crippen LogP contribution in [0.2, 0.25) is 5.02 Å². The molecule has 0 radical (unpaired) electrons. The molecule has 25 heavy (non-hydrogen) atoms. The predicted octanol–water partition coefficient (Wildman–Crippen LogP) is 3.48. The van der Waals surface area contributed by atoms with Gasteiger partial charge in [-0.05, 0) is 38.1 Å². The number of hydrogen-bond acceptors (Lipinski definition) is 4. The summed E-state index contributed by atoms with van der Waals surface area (Å²) in [5.74, 6) is 0.104. The highest BCUT2D eigenvalue weighted by molar-refractivity contribution is 7.20. The van der Waals surface area contributed by atoms with E-state index in [0.717, 1.165) is 46.1 Å². The summed E-state index contributed by atoms with van der Waals surface area (Å²) >= 11 is 7.62. The fraction of sp³-hybridized carbons (Fsp3) is 0.333. The van der Waals surface area contributed by atoms with Gasteiger partial charge in [0, 0.05) is 36.1 Å². The van der Waals surface area contributed by atoms with Crippen LogP contribution in [0.25, 0.3) is 15.9 Å². The number of aromatic nitrogens is 2. The summed E-state index contributed by atoms with van der Waals surface area (Å²) in [5, 5.41) is 9.63. The van der Waals surface area contributed by atoms with Gasteiger partial charge in [0.2, 0.25) is 0 Å². The monoisotopic (exact) mass is 374 g/mol. The highest BCUT2D eigenvalue weighted by Crippen LogP contribution is 2.32. The van der Waals surface area contributed by atoms with Gasteiger partial charge in [-0.3, -0.25) is 4.79 Å². The Hall–Kier alpha value is -1.89. The lowest BCUT2D eigenvalue weighted by Gasteiger charge is -2.33. The molecule has 3 aromatic rings. The first-order valence-corrected chi connectivity index (χ1v) is 9.51. The molecule has 0 spiro atoms. The van der Waals surface area contributed by atoms with Crippen molar-refractivity contribution in [3.8, 4) is 5.69 Å². The zero-order valence-electron chi connectivity index (χ0n) is 14.1. The summed E-state index contributed by atoms with van der Waals surface area (Å²) in [4.78, 5) is 16.6. The lowest BCUT2D eigenvalue weighted by molar-refractivity contribution is 0.0661. The Labute approximate surface area is 155 Å². The fourth-order valence-corrected chi connectivity index (χ4v) is 4.54. The fourth-order valence-electron chi connectivity index (χ4n) is 3.22. The van der Waals surface area contributed by atoms with Crippen LogP contribution in [-0.2, 0) is 0 Å². The van der Waals surface area contributed by atoms with Crippen molar-refractivity contribution in [1.29, 1.82) is 0 Å². The van der Waals surface area contributed by atoms with E-state index in [1.165, 1.54) is 11.3 Å². The van der Waals surface area contributed by atoms with E-state index in [-0.39, 0.29) is 11.9 Å². The SMILES string of the molecule is Cc1nn(-c2cccc(Cl)c2)c2sc(C(=O)N3CCNC[C@H]3C)cc12. The van der Waals surface area contributed by atoms with Gasteiger partial charge in [-0.1, -0.05) is 17.7 Å². The standard InChI is InChI=1S/C18H19ClN4OS/c1-11-10-20-6-7-22(11)17(24)16-9-15-12(2)21-23(18(15)25-16)14-5-3-4-13(19)8-14/h3-5,8-9,11,20H,6-7,10H2,1-2H3/t11-/m1/s1. The number of nitrogens with zero attached hydrogens (tertiary/aromatic N) is 3. The lowest BCUT2D eigenvalue weighted by atomic mass is 10.2. The van der Waals surface area contributed by atoms with Gasteiger partial charge in [0.1, 0.15) is 4.83 Å². The van der Waals surface area contributed by atoms with Crippen LogP contribution in [0, 0.1) is 6.92 Å². The summed E-state index contributed by atoms with van der Waals surface area (Å²) in [6.45, 7) is 6.48. The maximum absolute atomic E-state index is 12.9. The highest BCUT2D eigenvalue weighted by Gasteiger charge is 2.26. The van der Waals surface area contributed by atoms with Crippen LogP contribution in [0.3, 0.4) is 0 Å². The van der Waals surface area contributed by atoms with E-state index in [4.69, 9.17) is 11.6 Å². The minimum Gasteiger partial charge on any atom is -0.333 e. The summed E-state index contributed by atoms with van der Waals surface area (Å²) < 4.78 is 1.87. The quantitative estimate of drug-likeness (QED) is 0.747. The predicted molar refractivity (Wildman–Crippen MR) is 102 cm³/mol. The van der Waals surface area contributed by atoms with Crippen molar-refractivity contribution in [2.24, 2.45) is 0 Å². The van der Waals surface area contributed by atoms with Crippen LogP contribution in [0.15, 0.2) is 30.3 Å². The Balaban J connectivity index is 1.75. The number of halogens is 1. The molecule has 1 amide bonds. The van der Waals surface area contributed by atoms with E-state index in [0.29, 0.717) is 5.02 Å². The van der Waals surface area contributed by atoms with Gasteiger partial charge in [0.25, 0.3) is 5.91 Å². The van der Waals surface area contributed by atoms with E-state index in [2.05, 4.69) is 17.3 Å². The number of amides is 1. The molecule has 1 fully saturated rings. The van der Waals surface area contributed by atoms with Gasteiger partial charge in [-0.2, -0.15) is 5.10 Å². The van der Waals surface area contributed by atoms with Gasteiger partial charge in [0.15, 0.2) is 0 Å². The molecule has 1 aliphatic rings. The third-order valence-electron chi connectivity index (χ3n) is 4.57. The summed E-state index contributed by atoms with van der Waals surface area (Å²) in [7, 11) is 0. The molecular weight excluding hydrogens is 356 g/mol. The molecule has 0 saturated carbocycles. The van der Waals surface area contributed by atoms with Gasteiger partial charge < -0.3 is 10.2 Å². The van der Waals surface area contributed by atoms with E-state index in [1.54, 1.807) is 0 Å². The van der Waals surface area contributed by atoms with Crippen LogP contribution in [0.4, 0.5) is 0 Å². The van der Waals surface area contributed by atoms with Crippen molar-refractivity contribution in [3.63, 3.8) is 0 Å². The molecule has 5 nitrogen and oxygen atoms in total. The highest BCUT2D eigenvalue weighted by atomic mass is 35.5. The number of carbonyl (C=O) groups excluding carboxylic acids is 1. The number of fused-ring (bicyclic) bond motifs is 1. The molecule has 0 aliphatic carbocycles. The van der Waals surface area contributed by atoms with Crippen LogP contribution >= 0.6 is 22.9 Å². The molecular formula is C18H19ClN4OS. The van der Waals surface area contributed by atoms with Crippen molar-refractivity contribution in [2.75, 3.05) is 19.6 Å². The number of rotatable bonds is 2. The molecule has 3 heterocycles. The summed E-state index contributed by atoms with van der Waals surface area (Å²) in [5.41, 5.74) is 1.82. The third-order valence-corrected chi connectivity index (χ3v) is 5.90. The first kappa shape index (κ1) is 16.6. The third kappa shape index (κ3) is 2.94. The number of piperazine rings is 1. The first-order chi connectivity index (χ1) is 12.0. The maximum Gasteiger partial charge on any atom is 0.264 e. The number of nitrogens with one attached hydrogen (secondary N) is 1. The molecule has 0 unspecified atom stereocenters. The zero-order chi connectivity index (χ0) is 17.6. The minimum absolute atomic E-state index is 0.104. The number of aryl methyl sites for hydroxylation is 1. The molecule has 1 N–H and O–H groups in total. The Morgan fingerprint density at radius 2 is 2.24 bits per heavy atom. The van der Waals surface area contributed by atoms with Crippen molar-refractivity contribution in [3.05, 3.63) is 45.9 Å². The second-order valence-electron chi connectivity index (χ2n) is 6.36. The zero-order valence-corrected chi connectivity index (χ0v) is 15.7. The van der Waals surface area contributed by atoms with Crippen LogP contribution in [0.1, 0.15) is 22.3 Å². The number of thiophene rings is 1. The Morgan fingerprint density at radius 1 is 1.40 bits per heavy atom. The summed E-state index contributed by atoms with van der Waals surface area (Å²) in [6, 6.07) is 9.78. The van der Waals surface area contributed by atoms with Crippen LogP contribution in [-0.4, -0.2) is 46.3 Å². The van der Waals surface area contributed by atoms with Crippen LogP contribution in [0.5, 0.6) is 0 Å². The summed E-state index contributed by atoms with van der Waals surface area (Å²) in [6.07, 6.45) is 0. The lowest BCUT2D eigenvalue weighted by Crippen LogP contribution is -2.52. The Bertz CT molecular complexity index is 948. The van der Waals surface area contributed by atoms with Gasteiger partial charge >= 0.3 is 0 Å². The molecule has 0 bridgehead atoms. The second-order valence-corrected chi connectivity index (χ2v) is 7.83. The van der Waals surface area contributed by atoms with Crippen LogP contribution < -0.4 is 5.32 Å². The van der Waals surface area contributed by atoms with Crippen molar-refractivity contribution in [2.45, 2.75) is 19.9 Å². The van der Waals surface area contributed by atoms with E-state index in [9.17, 15) is 4.79 Å². The normalized spacial score (nSPS) is 18.0.